The van der Waals surface area contributed by atoms with Gasteiger partial charge >= 0.3 is 12.1 Å². The van der Waals surface area contributed by atoms with Crippen LogP contribution in [0.1, 0.15) is 30.4 Å². The van der Waals surface area contributed by atoms with Crippen molar-refractivity contribution in [3.63, 3.8) is 0 Å². The summed E-state index contributed by atoms with van der Waals surface area (Å²) in [6.07, 6.45) is -0.976. The number of benzene rings is 2. The van der Waals surface area contributed by atoms with Crippen LogP contribution >= 0.6 is 0 Å². The van der Waals surface area contributed by atoms with E-state index in [1.807, 2.05) is 17.0 Å². The number of methoxy groups -OCH3 is 1. The second kappa shape index (κ2) is 12.0. The van der Waals surface area contributed by atoms with E-state index in [-0.39, 0.29) is 23.4 Å². The molecule has 0 unspecified atom stereocenters. The Bertz CT molecular complexity index is 1380. The number of para-hydroxylation sites is 1. The van der Waals surface area contributed by atoms with Crippen LogP contribution in [-0.2, 0) is 22.3 Å². The lowest BCUT2D eigenvalue weighted by atomic mass is 9.86. The smallest absolute Gasteiger partial charge is 0.416 e. The maximum Gasteiger partial charge on any atom is 0.416 e. The van der Waals surface area contributed by atoms with E-state index in [0.717, 1.165) is 38.7 Å². The summed E-state index contributed by atoms with van der Waals surface area (Å²) in [5.41, 5.74) is 1.10. The quantitative estimate of drug-likeness (QED) is 0.388. The summed E-state index contributed by atoms with van der Waals surface area (Å²) in [6.45, 7) is 4.69. The minimum absolute atomic E-state index is 0.0270. The Labute approximate surface area is 231 Å². The second-order valence-corrected chi connectivity index (χ2v) is 10.6. The average molecular weight is 558 g/mol. The molecule has 0 bridgehead atoms. The fourth-order valence-corrected chi connectivity index (χ4v) is 6.07. The van der Waals surface area contributed by atoms with E-state index < -0.39 is 11.7 Å². The number of esters is 1. The number of hydrogen-bond acceptors (Lipinski definition) is 7. The number of halogens is 3. The first-order valence-corrected chi connectivity index (χ1v) is 13.7. The van der Waals surface area contributed by atoms with Gasteiger partial charge in [-0.3, -0.25) is 19.4 Å². The predicted octanol–water partition coefficient (Wildman–Crippen LogP) is 4.78. The molecule has 0 spiro atoms. The van der Waals surface area contributed by atoms with Crippen molar-refractivity contribution < 1.29 is 27.1 Å². The normalized spacial score (nSPS) is 21.1. The van der Waals surface area contributed by atoms with E-state index in [2.05, 4.69) is 9.80 Å². The number of fused-ring (bicyclic) bond motifs is 1. The number of piperazine rings is 1. The molecule has 1 aromatic heterocycles. The van der Waals surface area contributed by atoms with Crippen LogP contribution in [0.3, 0.4) is 0 Å². The number of ether oxygens (including phenoxy) is 1. The third kappa shape index (κ3) is 6.33. The van der Waals surface area contributed by atoms with Gasteiger partial charge in [0.2, 0.25) is 0 Å². The highest BCUT2D eigenvalue weighted by Crippen LogP contribution is 2.33. The minimum atomic E-state index is -4.37. The summed E-state index contributed by atoms with van der Waals surface area (Å²) in [5, 5.41) is 0.566. The van der Waals surface area contributed by atoms with Crippen LogP contribution in [0.15, 0.2) is 64.0 Å². The maximum absolute atomic E-state index is 13.2. The Kier molecular flexibility index (Phi) is 8.46. The highest BCUT2D eigenvalue weighted by molar-refractivity contribution is 5.76. The number of anilines is 1. The molecule has 2 aliphatic rings. The van der Waals surface area contributed by atoms with Gasteiger partial charge in [0.15, 0.2) is 5.43 Å². The molecular weight excluding hydrogens is 523 g/mol. The lowest BCUT2D eigenvalue weighted by Gasteiger charge is -2.47. The average Bonchev–Trinajstić information content (AvgIpc) is 2.97. The summed E-state index contributed by atoms with van der Waals surface area (Å²) in [6, 6.07) is 12.9. The number of carbonyl (C=O) groups excluding carboxylic acids is 1. The molecule has 3 aromatic rings. The van der Waals surface area contributed by atoms with Gasteiger partial charge in [-0.05, 0) is 49.1 Å². The Balaban J connectivity index is 1.26. The predicted molar refractivity (Wildman–Crippen MR) is 146 cm³/mol. The van der Waals surface area contributed by atoms with Gasteiger partial charge in [0.1, 0.15) is 5.58 Å². The molecule has 214 valence electrons. The SMILES string of the molecule is COC(=O)CC[C@H]1CN(Cc2coc3ccccc3c2=O)CC[C@H]1N1CCN(c2cccc(C(F)(F)F)c2)CC1. The fraction of sp³-hybridized carbons (Fsp3) is 0.467. The molecule has 2 atom stereocenters. The Morgan fingerprint density at radius 1 is 1.05 bits per heavy atom. The van der Waals surface area contributed by atoms with E-state index in [9.17, 15) is 22.8 Å². The van der Waals surface area contributed by atoms with Gasteiger partial charge in [-0.1, -0.05) is 18.2 Å². The van der Waals surface area contributed by atoms with Crippen LogP contribution in [0.25, 0.3) is 11.0 Å². The summed E-state index contributed by atoms with van der Waals surface area (Å²) < 4.78 is 50.2. The number of piperidine rings is 1. The minimum Gasteiger partial charge on any atom is -0.469 e. The van der Waals surface area contributed by atoms with Crippen LogP contribution < -0.4 is 10.3 Å². The summed E-state index contributed by atoms with van der Waals surface area (Å²) in [7, 11) is 1.39. The van der Waals surface area contributed by atoms with Crippen molar-refractivity contribution in [1.82, 2.24) is 9.80 Å². The molecule has 2 aliphatic heterocycles. The van der Waals surface area contributed by atoms with Crippen molar-refractivity contribution in [3.8, 4) is 0 Å². The van der Waals surface area contributed by atoms with Crippen molar-refractivity contribution in [2.75, 3.05) is 51.3 Å². The first kappa shape index (κ1) is 28.2. The summed E-state index contributed by atoms with van der Waals surface area (Å²) >= 11 is 0. The van der Waals surface area contributed by atoms with Crippen molar-refractivity contribution in [1.29, 1.82) is 0 Å². The monoisotopic (exact) mass is 557 g/mol. The standard InChI is InChI=1S/C30H34F3N3O4/c1-39-28(37)10-9-21-18-34(19-22-20-40-27-8-3-2-7-25(27)29(22)38)12-11-26(21)36-15-13-35(14-16-36)24-6-4-5-23(17-24)30(31,32)33/h2-8,17,20-21,26H,9-16,18-19H2,1H3/t21-,26+/m0/s1. The third-order valence-electron chi connectivity index (χ3n) is 8.19. The molecule has 3 heterocycles. The first-order valence-electron chi connectivity index (χ1n) is 13.7. The van der Waals surface area contributed by atoms with Gasteiger partial charge in [0.05, 0.1) is 24.3 Å². The number of nitrogens with zero attached hydrogens (tertiary/aromatic N) is 3. The van der Waals surface area contributed by atoms with Crippen molar-refractivity contribution in [3.05, 3.63) is 76.1 Å². The summed E-state index contributed by atoms with van der Waals surface area (Å²) in [4.78, 5) is 31.7. The molecule has 0 amide bonds. The van der Waals surface area contributed by atoms with Crippen LogP contribution in [0.2, 0.25) is 0 Å². The highest BCUT2D eigenvalue weighted by atomic mass is 19.4. The van der Waals surface area contributed by atoms with Gasteiger partial charge in [-0.2, -0.15) is 13.2 Å². The lowest BCUT2D eigenvalue weighted by Crippen LogP contribution is -2.56. The molecule has 5 rings (SSSR count). The van der Waals surface area contributed by atoms with Crippen LogP contribution in [-0.4, -0.2) is 68.2 Å². The second-order valence-electron chi connectivity index (χ2n) is 10.6. The highest BCUT2D eigenvalue weighted by Gasteiger charge is 2.36. The van der Waals surface area contributed by atoms with Crippen LogP contribution in [0.4, 0.5) is 18.9 Å². The largest absolute Gasteiger partial charge is 0.469 e. The van der Waals surface area contributed by atoms with E-state index >= 15 is 0 Å². The molecule has 7 nitrogen and oxygen atoms in total. The summed E-state index contributed by atoms with van der Waals surface area (Å²) in [5.74, 6) is -0.0686. The zero-order valence-corrected chi connectivity index (χ0v) is 22.5. The first-order chi connectivity index (χ1) is 19.2. The Morgan fingerprint density at radius 2 is 1.82 bits per heavy atom. The van der Waals surface area contributed by atoms with E-state index in [1.165, 1.54) is 19.2 Å². The van der Waals surface area contributed by atoms with Crippen LogP contribution in [0, 0.1) is 5.92 Å². The lowest BCUT2D eigenvalue weighted by molar-refractivity contribution is -0.141. The zero-order chi connectivity index (χ0) is 28.3. The Morgan fingerprint density at radius 3 is 2.58 bits per heavy atom. The number of rotatable bonds is 7. The van der Waals surface area contributed by atoms with E-state index in [1.54, 1.807) is 24.5 Å². The number of alkyl halides is 3. The van der Waals surface area contributed by atoms with E-state index in [4.69, 9.17) is 9.15 Å². The topological polar surface area (TPSA) is 66.2 Å². The van der Waals surface area contributed by atoms with Gasteiger partial charge in [-0.15, -0.1) is 0 Å². The van der Waals surface area contributed by atoms with Crippen molar-refractivity contribution in [2.45, 2.75) is 38.0 Å². The molecule has 40 heavy (non-hydrogen) atoms. The van der Waals surface area contributed by atoms with Crippen molar-refractivity contribution in [2.24, 2.45) is 5.92 Å². The number of carbonyl (C=O) groups is 1. The number of likely N-dealkylation sites (tertiary alicyclic amines) is 1. The zero-order valence-electron chi connectivity index (χ0n) is 22.5. The molecule has 2 saturated heterocycles. The Hall–Kier alpha value is -3.37. The fourth-order valence-electron chi connectivity index (χ4n) is 6.07. The molecule has 0 saturated carbocycles. The number of hydrogen-bond donors (Lipinski definition) is 0. The molecule has 0 radical (unpaired) electrons. The molecule has 0 aliphatic carbocycles. The van der Waals surface area contributed by atoms with Gasteiger partial charge in [0.25, 0.3) is 0 Å². The third-order valence-corrected chi connectivity index (χ3v) is 8.19. The van der Waals surface area contributed by atoms with Gasteiger partial charge in [0, 0.05) is 69.5 Å². The van der Waals surface area contributed by atoms with Gasteiger partial charge < -0.3 is 14.1 Å². The van der Waals surface area contributed by atoms with Gasteiger partial charge in [-0.25, -0.2) is 0 Å². The molecule has 0 N–H and O–H groups in total. The molecule has 2 aromatic carbocycles. The molecule has 2 fully saturated rings. The molecular formula is C30H34F3N3O4. The van der Waals surface area contributed by atoms with E-state index in [0.29, 0.717) is 54.7 Å². The maximum atomic E-state index is 13.2. The van der Waals surface area contributed by atoms with Crippen molar-refractivity contribution >= 4 is 22.6 Å². The molecule has 10 heteroatoms. The van der Waals surface area contributed by atoms with Crippen LogP contribution in [0.5, 0.6) is 0 Å².